The zero-order valence-electron chi connectivity index (χ0n) is 26.1. The number of fused-ring (bicyclic) bond motifs is 1. The van der Waals surface area contributed by atoms with Gasteiger partial charge < -0.3 is 20.3 Å². The third-order valence-corrected chi connectivity index (χ3v) is 6.81. The molecular formula is C34H45N3O4. The monoisotopic (exact) mass is 559 g/mol. The summed E-state index contributed by atoms with van der Waals surface area (Å²) in [7, 11) is 0. The van der Waals surface area contributed by atoms with Crippen molar-refractivity contribution in [1.29, 1.82) is 0 Å². The zero-order chi connectivity index (χ0) is 30.7. The van der Waals surface area contributed by atoms with Crippen molar-refractivity contribution >= 4 is 34.4 Å². The van der Waals surface area contributed by atoms with Crippen LogP contribution in [0, 0.1) is 19.8 Å². The number of aryl methyl sites for hydroxylation is 2. The van der Waals surface area contributed by atoms with E-state index in [0.717, 1.165) is 27.5 Å². The maximum Gasteiger partial charge on any atom is 0.408 e. The van der Waals surface area contributed by atoms with Crippen LogP contribution < -0.4 is 10.6 Å². The molecule has 0 saturated carbocycles. The van der Waals surface area contributed by atoms with Gasteiger partial charge >= 0.3 is 6.09 Å². The summed E-state index contributed by atoms with van der Waals surface area (Å²) in [6.07, 6.45) is -0.679. The molecular weight excluding hydrogens is 514 g/mol. The molecule has 3 rings (SSSR count). The van der Waals surface area contributed by atoms with Gasteiger partial charge in [0.1, 0.15) is 17.7 Å². The predicted octanol–water partition coefficient (Wildman–Crippen LogP) is 7.31. The minimum atomic E-state index is -0.962. The number of nitrogens with zero attached hydrogens (tertiary/aromatic N) is 1. The third-order valence-electron chi connectivity index (χ3n) is 6.81. The lowest BCUT2D eigenvalue weighted by molar-refractivity contribution is -0.147. The summed E-state index contributed by atoms with van der Waals surface area (Å²) in [6.45, 7) is 18.7. The Labute approximate surface area is 244 Å². The molecule has 0 saturated heterocycles. The highest BCUT2D eigenvalue weighted by molar-refractivity contribution is 6.01. The number of hydrogen-bond acceptors (Lipinski definition) is 4. The average molecular weight is 560 g/mol. The fourth-order valence-electron chi connectivity index (χ4n) is 4.95. The first-order valence-electron chi connectivity index (χ1n) is 14.2. The molecule has 0 aliphatic rings. The Hall–Kier alpha value is -3.87. The Morgan fingerprint density at radius 1 is 0.829 bits per heavy atom. The largest absolute Gasteiger partial charge is 0.444 e. The Balaban J connectivity index is 2.10. The van der Waals surface area contributed by atoms with Crippen molar-refractivity contribution in [1.82, 2.24) is 10.2 Å². The first-order valence-corrected chi connectivity index (χ1v) is 14.2. The van der Waals surface area contributed by atoms with Crippen LogP contribution in [-0.4, -0.2) is 40.0 Å². The van der Waals surface area contributed by atoms with Crippen LogP contribution >= 0.6 is 0 Å². The molecule has 0 heterocycles. The van der Waals surface area contributed by atoms with Crippen LogP contribution in [0.5, 0.6) is 0 Å². The van der Waals surface area contributed by atoms with Gasteiger partial charge in [0.15, 0.2) is 0 Å². The smallest absolute Gasteiger partial charge is 0.408 e. The molecule has 0 aliphatic heterocycles. The van der Waals surface area contributed by atoms with Crippen LogP contribution in [0.3, 0.4) is 0 Å². The van der Waals surface area contributed by atoms with Crippen molar-refractivity contribution in [2.45, 2.75) is 92.5 Å². The van der Waals surface area contributed by atoms with Gasteiger partial charge in [-0.05, 0) is 95.3 Å². The van der Waals surface area contributed by atoms with Gasteiger partial charge in [-0.25, -0.2) is 4.79 Å². The maximum absolute atomic E-state index is 14.4. The Morgan fingerprint density at radius 3 is 2.02 bits per heavy atom. The molecule has 2 N–H and O–H groups in total. The normalized spacial score (nSPS) is 13.4. The fourth-order valence-corrected chi connectivity index (χ4v) is 4.95. The van der Waals surface area contributed by atoms with Crippen molar-refractivity contribution in [2.24, 2.45) is 5.92 Å². The van der Waals surface area contributed by atoms with Crippen LogP contribution in [0.4, 0.5) is 10.5 Å². The fraction of sp³-hybridized carbons (Fsp3) is 0.441. The number of carbonyl (C=O) groups excluding carboxylic acids is 3. The van der Waals surface area contributed by atoms with Crippen LogP contribution in [0.2, 0.25) is 0 Å². The van der Waals surface area contributed by atoms with Crippen LogP contribution in [0.15, 0.2) is 60.7 Å². The molecule has 3 aromatic carbocycles. The number of benzene rings is 3. The standard InChI is InChI=1S/C34H45N3O4/c1-21(2)28(36-32(40)41-34(8,9)10)31(39)37(33(5,6)7)29(27-18-15-22(3)19-23(27)4)30(38)35-26-17-16-24-13-11-12-14-25(24)20-26/h11-21,28-29H,1-10H3,(H,35,38)(H,36,40). The molecule has 220 valence electrons. The van der Waals surface area contributed by atoms with Crippen LogP contribution in [0.25, 0.3) is 10.8 Å². The molecule has 2 unspecified atom stereocenters. The van der Waals surface area contributed by atoms with Crippen LogP contribution in [0.1, 0.15) is 78.1 Å². The highest BCUT2D eigenvalue weighted by Gasteiger charge is 2.43. The van der Waals surface area contributed by atoms with Gasteiger partial charge in [-0.15, -0.1) is 0 Å². The number of hydrogen-bond donors (Lipinski definition) is 2. The summed E-state index contributed by atoms with van der Waals surface area (Å²) < 4.78 is 5.47. The van der Waals surface area contributed by atoms with E-state index in [1.54, 1.807) is 25.7 Å². The Morgan fingerprint density at radius 2 is 1.46 bits per heavy atom. The second-order valence-corrected chi connectivity index (χ2v) is 13.1. The number of carbonyl (C=O) groups is 3. The quantitative estimate of drug-likeness (QED) is 0.318. The minimum Gasteiger partial charge on any atom is -0.444 e. The molecule has 0 aliphatic carbocycles. The lowest BCUT2D eigenvalue weighted by Crippen LogP contribution is -2.59. The summed E-state index contributed by atoms with van der Waals surface area (Å²) >= 11 is 0. The lowest BCUT2D eigenvalue weighted by Gasteiger charge is -2.44. The zero-order valence-corrected chi connectivity index (χ0v) is 26.1. The summed E-state index contributed by atoms with van der Waals surface area (Å²) in [5.74, 6) is -0.963. The summed E-state index contributed by atoms with van der Waals surface area (Å²) in [5.41, 5.74) is 1.81. The van der Waals surface area contributed by atoms with Gasteiger partial charge in [0.25, 0.3) is 5.91 Å². The van der Waals surface area contributed by atoms with Crippen molar-refractivity contribution in [2.75, 3.05) is 5.32 Å². The molecule has 7 heteroatoms. The van der Waals surface area contributed by atoms with Gasteiger partial charge in [-0.1, -0.05) is 67.9 Å². The van der Waals surface area contributed by atoms with E-state index < -0.39 is 29.3 Å². The number of ether oxygens (including phenoxy) is 1. The first-order chi connectivity index (χ1) is 19.0. The molecule has 41 heavy (non-hydrogen) atoms. The Bertz CT molecular complexity index is 1420. The summed E-state index contributed by atoms with van der Waals surface area (Å²) in [5, 5.41) is 7.92. The molecule has 3 aromatic rings. The lowest BCUT2D eigenvalue weighted by atomic mass is 9.90. The van der Waals surface area contributed by atoms with Crippen molar-refractivity contribution in [3.8, 4) is 0 Å². The summed E-state index contributed by atoms with van der Waals surface area (Å²) in [6, 6.07) is 17.7. The molecule has 0 spiro atoms. The molecule has 7 nitrogen and oxygen atoms in total. The molecule has 0 aromatic heterocycles. The second-order valence-electron chi connectivity index (χ2n) is 13.1. The molecule has 0 fully saturated rings. The first kappa shape index (κ1) is 31.7. The van der Waals surface area contributed by atoms with E-state index in [2.05, 4.69) is 10.6 Å². The maximum atomic E-state index is 14.4. The molecule has 0 bridgehead atoms. The third kappa shape index (κ3) is 8.09. The average Bonchev–Trinajstić information content (AvgIpc) is 2.84. The number of amides is 3. The van der Waals surface area contributed by atoms with Gasteiger partial charge in [-0.2, -0.15) is 0 Å². The Kier molecular flexibility index (Phi) is 9.52. The number of rotatable bonds is 7. The van der Waals surface area contributed by atoms with Crippen molar-refractivity contribution < 1.29 is 19.1 Å². The summed E-state index contributed by atoms with van der Waals surface area (Å²) in [4.78, 5) is 43.1. The van der Waals surface area contributed by atoms with E-state index in [1.165, 1.54) is 0 Å². The SMILES string of the molecule is Cc1ccc(C(C(=O)Nc2ccc3ccccc3c2)N(C(=O)C(NC(=O)OC(C)(C)C)C(C)C)C(C)(C)C)c(C)c1. The van der Waals surface area contributed by atoms with E-state index in [-0.39, 0.29) is 17.7 Å². The molecule has 3 amide bonds. The number of alkyl carbamates (subject to hydrolysis) is 1. The van der Waals surface area contributed by atoms with Gasteiger partial charge in [-0.3, -0.25) is 9.59 Å². The van der Waals surface area contributed by atoms with E-state index in [4.69, 9.17) is 4.74 Å². The van der Waals surface area contributed by atoms with Gasteiger partial charge in [0.05, 0.1) is 0 Å². The van der Waals surface area contributed by atoms with E-state index in [9.17, 15) is 14.4 Å². The molecule has 0 radical (unpaired) electrons. The predicted molar refractivity (Wildman–Crippen MR) is 166 cm³/mol. The number of anilines is 1. The van der Waals surface area contributed by atoms with Crippen molar-refractivity contribution in [3.05, 3.63) is 77.4 Å². The van der Waals surface area contributed by atoms with Crippen molar-refractivity contribution in [3.63, 3.8) is 0 Å². The second kappa shape index (κ2) is 12.3. The van der Waals surface area contributed by atoms with Gasteiger partial charge in [0, 0.05) is 11.2 Å². The van der Waals surface area contributed by atoms with E-state index >= 15 is 0 Å². The van der Waals surface area contributed by atoms with E-state index in [1.807, 2.05) is 109 Å². The minimum absolute atomic E-state index is 0.261. The molecule has 2 atom stereocenters. The van der Waals surface area contributed by atoms with E-state index in [0.29, 0.717) is 5.69 Å². The highest BCUT2D eigenvalue weighted by atomic mass is 16.6. The van der Waals surface area contributed by atoms with Crippen LogP contribution in [-0.2, 0) is 14.3 Å². The topological polar surface area (TPSA) is 87.7 Å². The highest BCUT2D eigenvalue weighted by Crippen LogP contribution is 2.34. The van der Waals surface area contributed by atoms with Gasteiger partial charge in [0.2, 0.25) is 5.91 Å². The number of nitrogens with one attached hydrogen (secondary N) is 2.